The molecule has 170 valence electrons. The molecule has 0 aliphatic heterocycles. The Morgan fingerprint density at radius 3 is 2.03 bits per heavy atom. The van der Waals surface area contributed by atoms with Crippen LogP contribution in [0.2, 0.25) is 0 Å². The smallest absolute Gasteiger partial charge is 0.408 e. The van der Waals surface area contributed by atoms with Crippen LogP contribution in [0.4, 0.5) is 4.79 Å². The quantitative estimate of drug-likeness (QED) is 0.467. The van der Waals surface area contributed by atoms with Gasteiger partial charge >= 0.3 is 6.09 Å². The predicted octanol–water partition coefficient (Wildman–Crippen LogP) is 2.25. The number of rotatable bonds is 12. The number of nitrogens with two attached hydrogens (primary N) is 1. The van der Waals surface area contributed by atoms with Crippen LogP contribution >= 0.6 is 0 Å². The van der Waals surface area contributed by atoms with Gasteiger partial charge in [-0.2, -0.15) is 0 Å². The molecule has 4 N–H and O–H groups in total. The maximum absolute atomic E-state index is 12.9. The Hall–Kier alpha value is -3.68. The van der Waals surface area contributed by atoms with Crippen LogP contribution in [-0.4, -0.2) is 35.8 Å². The molecule has 0 aliphatic carbocycles. The fourth-order valence-electron chi connectivity index (χ4n) is 3.01. The Kier molecular flexibility index (Phi) is 9.90. The van der Waals surface area contributed by atoms with E-state index in [0.29, 0.717) is 6.42 Å². The van der Waals surface area contributed by atoms with Crippen molar-refractivity contribution in [1.29, 1.82) is 0 Å². The van der Waals surface area contributed by atoms with Crippen molar-refractivity contribution in [1.82, 2.24) is 10.6 Å². The molecule has 2 aromatic carbocycles. The fourth-order valence-corrected chi connectivity index (χ4v) is 3.01. The second kappa shape index (κ2) is 12.9. The van der Waals surface area contributed by atoms with E-state index in [9.17, 15) is 19.2 Å². The highest BCUT2D eigenvalue weighted by molar-refractivity contribution is 5.91. The number of ether oxygens (including phenoxy) is 1. The first-order chi connectivity index (χ1) is 15.4. The average Bonchev–Trinajstić information content (AvgIpc) is 2.80. The number of primary amides is 1. The minimum absolute atomic E-state index is 0.0334. The molecule has 0 fully saturated rings. The summed E-state index contributed by atoms with van der Waals surface area (Å²) < 4.78 is 5.23. The van der Waals surface area contributed by atoms with E-state index >= 15 is 0 Å². The number of alkyl carbamates (subject to hydrolysis) is 1. The van der Waals surface area contributed by atoms with Crippen molar-refractivity contribution >= 4 is 23.7 Å². The highest BCUT2D eigenvalue weighted by Crippen LogP contribution is 2.07. The third kappa shape index (κ3) is 8.59. The summed E-state index contributed by atoms with van der Waals surface area (Å²) in [7, 11) is 0. The molecule has 0 bridgehead atoms. The Balaban J connectivity index is 2.05. The number of hydrogen-bond donors (Lipinski definition) is 3. The van der Waals surface area contributed by atoms with Crippen molar-refractivity contribution in [3.63, 3.8) is 0 Å². The first-order valence-electron chi connectivity index (χ1n) is 10.5. The second-order valence-corrected chi connectivity index (χ2v) is 7.34. The SMILES string of the molecule is CCC(=O)CC[C@H](NC(=O)[C@@H](Cc1ccccc1)NC(=O)OCc1ccccc1)C(N)=O. The Labute approximate surface area is 187 Å². The molecule has 0 radical (unpaired) electrons. The monoisotopic (exact) mass is 439 g/mol. The minimum Gasteiger partial charge on any atom is -0.445 e. The van der Waals surface area contributed by atoms with E-state index in [-0.39, 0.29) is 31.7 Å². The molecule has 2 aromatic rings. The van der Waals surface area contributed by atoms with Gasteiger partial charge in [0.2, 0.25) is 11.8 Å². The lowest BCUT2D eigenvalue weighted by Gasteiger charge is -2.22. The zero-order valence-corrected chi connectivity index (χ0v) is 18.1. The molecule has 0 heterocycles. The van der Waals surface area contributed by atoms with Gasteiger partial charge in [0.1, 0.15) is 24.5 Å². The number of nitrogens with one attached hydrogen (secondary N) is 2. The predicted molar refractivity (Wildman–Crippen MR) is 119 cm³/mol. The van der Waals surface area contributed by atoms with Gasteiger partial charge in [-0.15, -0.1) is 0 Å². The van der Waals surface area contributed by atoms with Gasteiger partial charge in [0, 0.05) is 19.3 Å². The first kappa shape index (κ1) is 24.6. The van der Waals surface area contributed by atoms with Crippen LogP contribution in [-0.2, 0) is 32.1 Å². The topological polar surface area (TPSA) is 128 Å². The van der Waals surface area contributed by atoms with Gasteiger partial charge in [-0.3, -0.25) is 14.4 Å². The molecule has 3 amide bonds. The third-order valence-electron chi connectivity index (χ3n) is 4.87. The molecule has 8 nitrogen and oxygen atoms in total. The van der Waals surface area contributed by atoms with Gasteiger partial charge in [0.25, 0.3) is 0 Å². The number of amides is 3. The lowest BCUT2D eigenvalue weighted by atomic mass is 10.0. The van der Waals surface area contributed by atoms with Crippen molar-refractivity contribution in [2.24, 2.45) is 5.73 Å². The molecule has 0 spiro atoms. The van der Waals surface area contributed by atoms with Crippen LogP contribution in [0, 0.1) is 0 Å². The zero-order valence-electron chi connectivity index (χ0n) is 18.1. The number of carbonyl (C=O) groups is 4. The normalized spacial score (nSPS) is 12.3. The highest BCUT2D eigenvalue weighted by Gasteiger charge is 2.26. The summed E-state index contributed by atoms with van der Waals surface area (Å²) in [5.74, 6) is -1.36. The van der Waals surface area contributed by atoms with Crippen LogP contribution in [0.3, 0.4) is 0 Å². The van der Waals surface area contributed by atoms with Crippen molar-refractivity contribution in [2.45, 2.75) is 51.3 Å². The Bertz CT molecular complexity index is 902. The van der Waals surface area contributed by atoms with E-state index in [1.165, 1.54) is 0 Å². The number of hydrogen-bond acceptors (Lipinski definition) is 5. The van der Waals surface area contributed by atoms with Crippen molar-refractivity contribution in [3.8, 4) is 0 Å². The maximum Gasteiger partial charge on any atom is 0.408 e. The molecule has 0 saturated carbocycles. The lowest BCUT2D eigenvalue weighted by Crippen LogP contribution is -2.53. The van der Waals surface area contributed by atoms with Gasteiger partial charge in [-0.25, -0.2) is 4.79 Å². The minimum atomic E-state index is -1.02. The van der Waals surface area contributed by atoms with Gasteiger partial charge in [-0.1, -0.05) is 67.6 Å². The third-order valence-corrected chi connectivity index (χ3v) is 4.87. The average molecular weight is 440 g/mol. The zero-order chi connectivity index (χ0) is 23.3. The van der Waals surface area contributed by atoms with E-state index in [0.717, 1.165) is 11.1 Å². The molecule has 32 heavy (non-hydrogen) atoms. The Morgan fingerprint density at radius 2 is 1.47 bits per heavy atom. The molecule has 2 atom stereocenters. The van der Waals surface area contributed by atoms with Crippen molar-refractivity contribution < 1.29 is 23.9 Å². The molecular formula is C24H29N3O5. The summed E-state index contributed by atoms with van der Waals surface area (Å²) in [6.45, 7) is 1.77. The summed E-state index contributed by atoms with van der Waals surface area (Å²) >= 11 is 0. The summed E-state index contributed by atoms with van der Waals surface area (Å²) in [6.07, 6.45) is -0.0104. The molecule has 0 saturated heterocycles. The highest BCUT2D eigenvalue weighted by atomic mass is 16.5. The molecular weight excluding hydrogens is 410 g/mol. The number of Topliss-reactive ketones (excluding diaryl/α,β-unsaturated/α-hetero) is 1. The van der Waals surface area contributed by atoms with Crippen LogP contribution in [0.25, 0.3) is 0 Å². The van der Waals surface area contributed by atoms with Crippen LogP contribution in [0.5, 0.6) is 0 Å². The van der Waals surface area contributed by atoms with Gasteiger partial charge < -0.3 is 21.1 Å². The van der Waals surface area contributed by atoms with E-state index < -0.39 is 30.0 Å². The second-order valence-electron chi connectivity index (χ2n) is 7.34. The van der Waals surface area contributed by atoms with Crippen molar-refractivity contribution in [3.05, 3.63) is 71.8 Å². The fraction of sp³-hybridized carbons (Fsp3) is 0.333. The summed E-state index contributed by atoms with van der Waals surface area (Å²) in [5, 5.41) is 5.12. The van der Waals surface area contributed by atoms with E-state index in [2.05, 4.69) is 10.6 Å². The van der Waals surface area contributed by atoms with Crippen molar-refractivity contribution in [2.75, 3.05) is 0 Å². The van der Waals surface area contributed by atoms with Crippen LogP contribution in [0.15, 0.2) is 60.7 Å². The molecule has 2 rings (SSSR count). The van der Waals surface area contributed by atoms with Crippen LogP contribution < -0.4 is 16.4 Å². The number of benzene rings is 2. The maximum atomic E-state index is 12.9. The lowest BCUT2D eigenvalue weighted by molar-refractivity contribution is -0.129. The summed E-state index contributed by atoms with van der Waals surface area (Å²) in [5.41, 5.74) is 7.02. The molecule has 8 heteroatoms. The van der Waals surface area contributed by atoms with Crippen LogP contribution in [0.1, 0.15) is 37.3 Å². The number of carbonyl (C=O) groups excluding carboxylic acids is 4. The number of ketones is 1. The van der Waals surface area contributed by atoms with E-state index in [1.54, 1.807) is 6.92 Å². The molecule has 0 aromatic heterocycles. The van der Waals surface area contributed by atoms with E-state index in [1.807, 2.05) is 60.7 Å². The van der Waals surface area contributed by atoms with Gasteiger partial charge in [0.15, 0.2) is 0 Å². The Morgan fingerprint density at radius 1 is 0.875 bits per heavy atom. The van der Waals surface area contributed by atoms with E-state index in [4.69, 9.17) is 10.5 Å². The van der Waals surface area contributed by atoms with Gasteiger partial charge in [0.05, 0.1) is 0 Å². The first-order valence-corrected chi connectivity index (χ1v) is 10.5. The molecule has 0 aliphatic rings. The standard InChI is InChI=1S/C24H29N3O5/c1-2-19(28)13-14-20(22(25)29)26-23(30)21(15-17-9-5-3-6-10-17)27-24(31)32-16-18-11-7-4-8-12-18/h3-12,20-21H,2,13-16H2,1H3,(H2,25,29)(H,26,30)(H,27,31)/t20-,21+/m0/s1. The summed E-state index contributed by atoms with van der Waals surface area (Å²) in [6, 6.07) is 16.3. The van der Waals surface area contributed by atoms with Gasteiger partial charge in [-0.05, 0) is 17.5 Å². The summed E-state index contributed by atoms with van der Waals surface area (Å²) in [4.78, 5) is 48.6. The largest absolute Gasteiger partial charge is 0.445 e. The molecule has 0 unspecified atom stereocenters.